The maximum atomic E-state index is 2.68. The lowest BCUT2D eigenvalue weighted by Crippen LogP contribution is -2.60. The summed E-state index contributed by atoms with van der Waals surface area (Å²) in [5, 5.41) is 0. The number of fused-ring (bicyclic) bond motifs is 15. The molecule has 75 heavy (non-hydrogen) atoms. The van der Waals surface area contributed by atoms with Gasteiger partial charge in [-0.1, -0.05) is 206 Å². The van der Waals surface area contributed by atoms with Gasteiger partial charge in [-0.05, 0) is 162 Å². The maximum absolute atomic E-state index is 2.68. The van der Waals surface area contributed by atoms with Crippen molar-refractivity contribution in [2.75, 3.05) is 9.80 Å². The predicted molar refractivity (Wildman–Crippen MR) is 322 cm³/mol. The summed E-state index contributed by atoms with van der Waals surface area (Å²) >= 11 is 2.07. The van der Waals surface area contributed by atoms with Gasteiger partial charge in [0.2, 0.25) is 0 Å². The molecule has 2 aliphatic carbocycles. The molecule has 9 aromatic carbocycles. The molecule has 1 spiro atoms. The van der Waals surface area contributed by atoms with E-state index in [4.69, 9.17) is 0 Å². The first-order valence-electron chi connectivity index (χ1n) is 27.1. The summed E-state index contributed by atoms with van der Waals surface area (Å²) in [5.74, 6) is 0.811. The highest BCUT2D eigenvalue weighted by atomic mass is 32.1. The standard InChI is InChI=1S/C71H61BN2S/c1-42(2)46-24-30-52(31-25-46)74-64-39-45(6)38-63-66(64)72(69-67(74)65-56-34-23-44(5)37-60(56)71(68(65)75-69)58-21-15-13-19-54(58)55-20-14-16-22-59(55)71)61-36-27-49(41-62(61)73(63)51-32-28-50(29-33-51)70(7,8)9)57-40-48(43(3)4)26-35-53(57)47-17-11-10-12-18-47/h10-43H,1-9H3. The van der Waals surface area contributed by atoms with Crippen LogP contribution in [0, 0.1) is 13.8 Å². The molecule has 4 aliphatic rings. The Labute approximate surface area is 448 Å². The van der Waals surface area contributed by atoms with Gasteiger partial charge in [-0.3, -0.25) is 0 Å². The predicted octanol–water partition coefficient (Wildman–Crippen LogP) is 17.7. The summed E-state index contributed by atoms with van der Waals surface area (Å²) < 4.78 is 1.40. The molecule has 14 rings (SSSR count). The molecule has 10 aromatic rings. The lowest BCUT2D eigenvalue weighted by molar-refractivity contribution is 0.590. The fraction of sp³-hybridized carbons (Fsp3) is 0.183. The first-order valence-corrected chi connectivity index (χ1v) is 27.9. The summed E-state index contributed by atoms with van der Waals surface area (Å²) in [6, 6.07) is 75.3. The summed E-state index contributed by atoms with van der Waals surface area (Å²) in [7, 11) is 0. The number of nitrogens with zero attached hydrogens (tertiary/aromatic N) is 2. The highest BCUT2D eigenvalue weighted by Gasteiger charge is 2.57. The Bertz CT molecular complexity index is 3920. The van der Waals surface area contributed by atoms with Gasteiger partial charge in [-0.15, -0.1) is 11.3 Å². The molecule has 0 saturated heterocycles. The van der Waals surface area contributed by atoms with E-state index in [9.17, 15) is 0 Å². The van der Waals surface area contributed by atoms with Gasteiger partial charge in [0.15, 0.2) is 0 Å². The van der Waals surface area contributed by atoms with Crippen LogP contribution in [0.25, 0.3) is 44.5 Å². The van der Waals surface area contributed by atoms with Crippen LogP contribution in [0.1, 0.15) is 110 Å². The van der Waals surface area contributed by atoms with Crippen molar-refractivity contribution < 1.29 is 0 Å². The Morgan fingerprint density at radius 2 is 1.07 bits per heavy atom. The van der Waals surface area contributed by atoms with Crippen LogP contribution in [-0.4, -0.2) is 6.71 Å². The fourth-order valence-electron chi connectivity index (χ4n) is 13.4. The molecule has 3 heterocycles. The summed E-state index contributed by atoms with van der Waals surface area (Å²) in [6.07, 6.45) is 0. The first-order chi connectivity index (χ1) is 36.3. The van der Waals surface area contributed by atoms with E-state index in [2.05, 4.69) is 278 Å². The van der Waals surface area contributed by atoms with E-state index >= 15 is 0 Å². The van der Waals surface area contributed by atoms with Gasteiger partial charge in [-0.25, -0.2) is 0 Å². The van der Waals surface area contributed by atoms with Gasteiger partial charge in [0.25, 0.3) is 6.71 Å². The maximum Gasteiger partial charge on any atom is 0.264 e. The van der Waals surface area contributed by atoms with E-state index in [-0.39, 0.29) is 12.1 Å². The third kappa shape index (κ3) is 6.64. The molecule has 0 saturated carbocycles. The van der Waals surface area contributed by atoms with Crippen LogP contribution < -0.4 is 25.5 Å². The van der Waals surface area contributed by atoms with Crippen LogP contribution >= 0.6 is 11.3 Å². The molecule has 1 aromatic heterocycles. The van der Waals surface area contributed by atoms with Crippen molar-refractivity contribution >= 4 is 67.9 Å². The molecule has 2 aliphatic heterocycles. The summed E-state index contributed by atoms with van der Waals surface area (Å²) in [6.45, 7) is 20.7. The molecule has 0 fully saturated rings. The van der Waals surface area contributed by atoms with Crippen molar-refractivity contribution in [2.24, 2.45) is 0 Å². The van der Waals surface area contributed by atoms with Crippen LogP contribution in [0.15, 0.2) is 194 Å². The number of benzene rings is 9. The summed E-state index contributed by atoms with van der Waals surface area (Å²) in [5.41, 5.74) is 30.7. The lowest BCUT2D eigenvalue weighted by atomic mass is 9.36. The average Bonchev–Trinajstić information content (AvgIpc) is 4.19. The quantitative estimate of drug-likeness (QED) is 0.153. The second kappa shape index (κ2) is 16.7. The molecular formula is C71H61BN2S. The molecule has 364 valence electrons. The van der Waals surface area contributed by atoms with E-state index < -0.39 is 5.41 Å². The molecule has 0 radical (unpaired) electrons. The van der Waals surface area contributed by atoms with Crippen molar-refractivity contribution in [3.63, 3.8) is 0 Å². The molecular weight excluding hydrogens is 924 g/mol. The van der Waals surface area contributed by atoms with Crippen LogP contribution in [0.3, 0.4) is 0 Å². The van der Waals surface area contributed by atoms with E-state index in [1.54, 1.807) is 0 Å². The van der Waals surface area contributed by atoms with Crippen molar-refractivity contribution in [1.29, 1.82) is 0 Å². The second-order valence-electron chi connectivity index (χ2n) is 23.4. The SMILES string of the molecule is Cc1cc2c3c(c1)N(c1ccc(C(C)C)cc1)c1c(sc4c1-c1ccc(C)cc1C41c4ccccc4-c4ccccc41)B3c1ccc(-c3cc(C(C)C)ccc3-c3ccccc3)cc1N2c1ccc(C(C)(C)C)cc1. The number of anilines is 6. The normalized spacial score (nSPS) is 14.2. The average molecular weight is 985 g/mol. The zero-order valence-corrected chi connectivity index (χ0v) is 45.3. The Hall–Kier alpha value is -7.66. The minimum Gasteiger partial charge on any atom is -0.311 e. The Morgan fingerprint density at radius 1 is 0.467 bits per heavy atom. The van der Waals surface area contributed by atoms with Gasteiger partial charge < -0.3 is 9.80 Å². The third-order valence-electron chi connectivity index (χ3n) is 17.1. The molecule has 0 unspecified atom stereocenters. The number of thiophene rings is 1. The molecule has 0 atom stereocenters. The van der Waals surface area contributed by atoms with Crippen molar-refractivity contribution in [2.45, 2.75) is 85.0 Å². The number of hydrogen-bond acceptors (Lipinski definition) is 3. The Kier molecular flexibility index (Phi) is 10.2. The highest BCUT2D eigenvalue weighted by Crippen LogP contribution is 2.67. The fourth-order valence-corrected chi connectivity index (χ4v) is 15.1. The van der Waals surface area contributed by atoms with Gasteiger partial charge >= 0.3 is 0 Å². The second-order valence-corrected chi connectivity index (χ2v) is 24.4. The van der Waals surface area contributed by atoms with Crippen molar-refractivity contribution in [3.8, 4) is 44.5 Å². The van der Waals surface area contributed by atoms with Gasteiger partial charge in [0, 0.05) is 43.7 Å². The largest absolute Gasteiger partial charge is 0.311 e. The van der Waals surface area contributed by atoms with Gasteiger partial charge in [0.1, 0.15) is 0 Å². The van der Waals surface area contributed by atoms with Crippen LogP contribution in [0.2, 0.25) is 0 Å². The van der Waals surface area contributed by atoms with Crippen molar-refractivity contribution in [1.82, 2.24) is 0 Å². The topological polar surface area (TPSA) is 6.48 Å². The number of hydrogen-bond donors (Lipinski definition) is 0. The number of rotatable bonds is 6. The highest BCUT2D eigenvalue weighted by molar-refractivity contribution is 7.30. The van der Waals surface area contributed by atoms with E-state index in [1.165, 1.54) is 144 Å². The summed E-state index contributed by atoms with van der Waals surface area (Å²) in [4.78, 5) is 6.71. The zero-order valence-electron chi connectivity index (χ0n) is 44.5. The molecule has 2 nitrogen and oxygen atoms in total. The van der Waals surface area contributed by atoms with E-state index in [0.717, 1.165) is 0 Å². The molecule has 0 amide bonds. The molecule has 0 bridgehead atoms. The van der Waals surface area contributed by atoms with E-state index in [0.29, 0.717) is 11.8 Å². The minimum absolute atomic E-state index is 0.0188. The van der Waals surface area contributed by atoms with Crippen LogP contribution in [0.4, 0.5) is 34.1 Å². The van der Waals surface area contributed by atoms with Crippen molar-refractivity contribution in [3.05, 3.63) is 244 Å². The van der Waals surface area contributed by atoms with Crippen LogP contribution in [-0.2, 0) is 10.8 Å². The lowest BCUT2D eigenvalue weighted by Gasteiger charge is -2.44. The van der Waals surface area contributed by atoms with Gasteiger partial charge in [-0.2, -0.15) is 0 Å². The minimum atomic E-state index is -0.471. The Balaban J connectivity index is 1.10. The van der Waals surface area contributed by atoms with Gasteiger partial charge in [0.05, 0.1) is 11.1 Å². The van der Waals surface area contributed by atoms with E-state index in [1.807, 2.05) is 0 Å². The van der Waals surface area contributed by atoms with Crippen LogP contribution in [0.5, 0.6) is 0 Å². The monoisotopic (exact) mass is 984 g/mol. The molecule has 4 heteroatoms. The molecule has 0 N–H and O–H groups in total. The third-order valence-corrected chi connectivity index (χ3v) is 18.4. The smallest absolute Gasteiger partial charge is 0.264 e. The zero-order chi connectivity index (χ0) is 51.2. The Morgan fingerprint density at radius 3 is 1.73 bits per heavy atom. The first kappa shape index (κ1) is 45.9. The number of aryl methyl sites for hydroxylation is 2.